The van der Waals surface area contributed by atoms with Crippen molar-refractivity contribution in [3.05, 3.63) is 72.2 Å². The van der Waals surface area contributed by atoms with Crippen LogP contribution in [0.15, 0.2) is 71.3 Å². The van der Waals surface area contributed by atoms with Crippen molar-refractivity contribution in [1.29, 1.82) is 0 Å². The van der Waals surface area contributed by atoms with Gasteiger partial charge in [-0.3, -0.25) is 4.98 Å². The average Bonchev–Trinajstić information content (AvgIpc) is 3.19. The van der Waals surface area contributed by atoms with Gasteiger partial charge in [-0.1, -0.05) is 42.8 Å². The second kappa shape index (κ2) is 6.64. The Morgan fingerprint density at radius 3 is 2.21 bits per heavy atom. The minimum absolute atomic E-state index is 0.0385. The summed E-state index contributed by atoms with van der Waals surface area (Å²) in [5.41, 5.74) is 11.8. The molecule has 0 saturated heterocycles. The monoisotopic (exact) mass is 368 g/mol. The molecule has 2 aromatic heterocycles. The third-order valence-corrected chi connectivity index (χ3v) is 5.78. The van der Waals surface area contributed by atoms with Gasteiger partial charge >= 0.3 is 0 Å². The predicted octanol–water partition coefficient (Wildman–Crippen LogP) is 3.79. The Morgan fingerprint density at radius 1 is 0.786 bits per heavy atom. The Morgan fingerprint density at radius 2 is 1.57 bits per heavy atom. The van der Waals surface area contributed by atoms with Gasteiger partial charge in [0, 0.05) is 36.0 Å². The fourth-order valence-corrected chi connectivity index (χ4v) is 4.00. The minimum Gasteiger partial charge on any atom is -0.368 e. The van der Waals surface area contributed by atoms with Crippen molar-refractivity contribution in [2.45, 2.75) is 31.1 Å². The van der Waals surface area contributed by atoms with Gasteiger partial charge in [-0.15, -0.1) is 0 Å². The molecule has 2 aliphatic rings. The molecule has 1 aromatic carbocycles. The van der Waals surface area contributed by atoms with E-state index < -0.39 is 0 Å². The molecule has 6 heteroatoms. The van der Waals surface area contributed by atoms with Crippen molar-refractivity contribution in [2.75, 3.05) is 5.73 Å². The molecule has 28 heavy (non-hydrogen) atoms. The first-order valence-corrected chi connectivity index (χ1v) is 9.48. The van der Waals surface area contributed by atoms with Crippen LogP contribution in [0.25, 0.3) is 11.3 Å². The summed E-state index contributed by atoms with van der Waals surface area (Å²) in [6.45, 7) is 0. The molecular weight excluding hydrogens is 348 g/mol. The van der Waals surface area contributed by atoms with E-state index in [1.165, 1.54) is 12.0 Å². The van der Waals surface area contributed by atoms with Crippen LogP contribution in [0.5, 0.6) is 0 Å². The summed E-state index contributed by atoms with van der Waals surface area (Å²) >= 11 is 0. The number of benzene rings is 1. The summed E-state index contributed by atoms with van der Waals surface area (Å²) in [7, 11) is 0. The molecule has 5 rings (SSSR count). The highest BCUT2D eigenvalue weighted by molar-refractivity contribution is 6.18. The molecule has 1 aliphatic heterocycles. The van der Waals surface area contributed by atoms with Gasteiger partial charge in [0.05, 0.1) is 17.1 Å². The zero-order chi connectivity index (χ0) is 19.0. The van der Waals surface area contributed by atoms with Gasteiger partial charge in [-0.05, 0) is 30.0 Å². The summed E-state index contributed by atoms with van der Waals surface area (Å²) < 4.78 is 0. The van der Waals surface area contributed by atoms with Crippen molar-refractivity contribution in [3.8, 4) is 11.3 Å². The number of nitrogen functional groups attached to an aromatic ring is 1. The van der Waals surface area contributed by atoms with E-state index in [-0.39, 0.29) is 11.4 Å². The van der Waals surface area contributed by atoms with E-state index in [0.29, 0.717) is 0 Å². The van der Waals surface area contributed by atoms with Gasteiger partial charge in [0.25, 0.3) is 0 Å². The highest BCUT2D eigenvalue weighted by Crippen LogP contribution is 2.47. The van der Waals surface area contributed by atoms with Gasteiger partial charge in [0.15, 0.2) is 0 Å². The first kappa shape index (κ1) is 16.7. The quantitative estimate of drug-likeness (QED) is 0.759. The number of anilines is 1. The first-order valence-electron chi connectivity index (χ1n) is 9.48. The van der Waals surface area contributed by atoms with Crippen LogP contribution >= 0.6 is 0 Å². The van der Waals surface area contributed by atoms with Crippen LogP contribution in [0, 0.1) is 0 Å². The summed E-state index contributed by atoms with van der Waals surface area (Å²) in [5, 5.41) is 9.09. The maximum Gasteiger partial charge on any atom is 0.219 e. The fraction of sp³-hybridized carbons (Fsp3) is 0.227. The van der Waals surface area contributed by atoms with E-state index in [0.717, 1.165) is 47.5 Å². The number of nitrogens with zero attached hydrogens (tertiary/aromatic N) is 5. The molecule has 0 bridgehead atoms. The van der Waals surface area contributed by atoms with Crippen LogP contribution in [0.1, 0.15) is 36.8 Å². The molecule has 1 aliphatic carbocycles. The van der Waals surface area contributed by atoms with E-state index in [4.69, 9.17) is 5.73 Å². The number of rotatable bonds is 4. The summed E-state index contributed by atoms with van der Waals surface area (Å²) in [6.07, 6.45) is 9.55. The van der Waals surface area contributed by atoms with Gasteiger partial charge in [0.1, 0.15) is 0 Å². The van der Waals surface area contributed by atoms with Crippen LogP contribution in [0.4, 0.5) is 5.95 Å². The van der Waals surface area contributed by atoms with E-state index in [2.05, 4.69) is 43.4 Å². The van der Waals surface area contributed by atoms with Crippen LogP contribution in [-0.2, 0) is 5.41 Å². The standard InChI is InChI=1S/C22H20N6/c23-21-25-12-16(13-26-21)18-8-7-17(14-24-18)22(9-4-10-22)20-11-19(27-28-20)15-5-2-1-3-6-15/h1-3,5-8,12-14H,4,9-11H2,(H2,23,25,26). The lowest BCUT2D eigenvalue weighted by molar-refractivity contribution is 0.337. The normalized spacial score (nSPS) is 17.6. The lowest BCUT2D eigenvalue weighted by Crippen LogP contribution is -2.42. The lowest BCUT2D eigenvalue weighted by atomic mass is 9.61. The smallest absolute Gasteiger partial charge is 0.219 e. The van der Waals surface area contributed by atoms with Crippen LogP contribution in [0.3, 0.4) is 0 Å². The molecule has 0 spiro atoms. The largest absolute Gasteiger partial charge is 0.368 e. The maximum atomic E-state index is 5.57. The molecule has 2 N–H and O–H groups in total. The van der Waals surface area contributed by atoms with Gasteiger partial charge < -0.3 is 5.73 Å². The van der Waals surface area contributed by atoms with Crippen molar-refractivity contribution < 1.29 is 0 Å². The predicted molar refractivity (Wildman–Crippen MR) is 110 cm³/mol. The van der Waals surface area contributed by atoms with E-state index in [1.807, 2.05) is 30.5 Å². The number of pyridine rings is 1. The van der Waals surface area contributed by atoms with Gasteiger partial charge in [0.2, 0.25) is 5.95 Å². The van der Waals surface area contributed by atoms with E-state index in [1.54, 1.807) is 12.4 Å². The molecule has 1 saturated carbocycles. The first-order chi connectivity index (χ1) is 13.7. The third kappa shape index (κ3) is 2.78. The zero-order valence-electron chi connectivity index (χ0n) is 15.4. The molecule has 0 radical (unpaired) electrons. The van der Waals surface area contributed by atoms with Gasteiger partial charge in [-0.2, -0.15) is 10.2 Å². The minimum atomic E-state index is -0.0385. The van der Waals surface area contributed by atoms with E-state index >= 15 is 0 Å². The van der Waals surface area contributed by atoms with Crippen LogP contribution in [-0.4, -0.2) is 26.4 Å². The van der Waals surface area contributed by atoms with E-state index in [9.17, 15) is 0 Å². The Hall–Kier alpha value is -3.41. The van der Waals surface area contributed by atoms with Crippen molar-refractivity contribution >= 4 is 17.4 Å². The molecule has 0 unspecified atom stereocenters. The molecule has 1 fully saturated rings. The maximum absolute atomic E-state index is 5.57. The van der Waals surface area contributed by atoms with Crippen molar-refractivity contribution in [3.63, 3.8) is 0 Å². The molecule has 6 nitrogen and oxygen atoms in total. The topological polar surface area (TPSA) is 89.4 Å². The molecule has 0 atom stereocenters. The Bertz CT molecular complexity index is 1050. The van der Waals surface area contributed by atoms with Crippen molar-refractivity contribution in [2.24, 2.45) is 10.2 Å². The number of hydrogen-bond donors (Lipinski definition) is 1. The number of aromatic nitrogens is 3. The molecule has 3 aromatic rings. The average molecular weight is 368 g/mol. The Labute approximate surface area is 163 Å². The third-order valence-electron chi connectivity index (χ3n) is 5.78. The summed E-state index contributed by atoms with van der Waals surface area (Å²) in [5.74, 6) is 0.266. The highest BCUT2D eigenvalue weighted by atomic mass is 15.2. The zero-order valence-corrected chi connectivity index (χ0v) is 15.4. The molecule has 3 heterocycles. The molecule has 138 valence electrons. The fourth-order valence-electron chi connectivity index (χ4n) is 4.00. The van der Waals surface area contributed by atoms with Gasteiger partial charge in [-0.25, -0.2) is 9.97 Å². The number of nitrogens with two attached hydrogens (primary N) is 1. The molecular formula is C22H20N6. The SMILES string of the molecule is Nc1ncc(-c2ccc(C3(C4=NN=C(c5ccccc5)C4)CCC3)cn2)cn1. The lowest BCUT2D eigenvalue weighted by Gasteiger charge is -2.42. The number of hydrogen-bond acceptors (Lipinski definition) is 6. The second-order valence-electron chi connectivity index (χ2n) is 7.33. The summed E-state index contributed by atoms with van der Waals surface area (Å²) in [6, 6.07) is 14.5. The second-order valence-corrected chi connectivity index (χ2v) is 7.33. The van der Waals surface area contributed by atoms with Crippen LogP contribution in [0.2, 0.25) is 0 Å². The molecule has 0 amide bonds. The van der Waals surface area contributed by atoms with Crippen molar-refractivity contribution in [1.82, 2.24) is 15.0 Å². The summed E-state index contributed by atoms with van der Waals surface area (Å²) in [4.78, 5) is 12.8. The Balaban J connectivity index is 1.39. The highest BCUT2D eigenvalue weighted by Gasteiger charge is 2.45. The Kier molecular flexibility index (Phi) is 3.97. The van der Waals surface area contributed by atoms with Crippen LogP contribution < -0.4 is 5.73 Å².